The van der Waals surface area contributed by atoms with E-state index in [0.717, 1.165) is 19.3 Å². The number of rotatable bonds is 12. The predicted molar refractivity (Wildman–Crippen MR) is 155 cm³/mol. The molecule has 2 bridgehead atoms. The number of aliphatic hydroxyl groups is 1. The molecule has 214 valence electrons. The maximum Gasteiger partial charge on any atom is 0.247 e. The second-order valence-electron chi connectivity index (χ2n) is 13.3. The molecule has 2 unspecified atom stereocenters. The summed E-state index contributed by atoms with van der Waals surface area (Å²) in [5.41, 5.74) is -0.492. The molecule has 8 heteroatoms. The molecule has 1 spiro atoms. The minimum atomic E-state index is -0.727. The van der Waals surface area contributed by atoms with Gasteiger partial charge < -0.3 is 19.8 Å². The van der Waals surface area contributed by atoms with E-state index in [1.54, 1.807) is 28.8 Å². The van der Waals surface area contributed by atoms with E-state index in [-0.39, 0.29) is 36.3 Å². The van der Waals surface area contributed by atoms with Crippen molar-refractivity contribution in [2.45, 2.75) is 95.2 Å². The number of thioether (sulfide) groups is 1. The first-order valence-corrected chi connectivity index (χ1v) is 14.9. The number of hydrogen-bond donors (Lipinski definition) is 1. The Labute approximate surface area is 234 Å². The Morgan fingerprint density at radius 1 is 1.13 bits per heavy atom. The average Bonchev–Trinajstić information content (AvgIpc) is 3.36. The van der Waals surface area contributed by atoms with Crippen molar-refractivity contribution >= 4 is 29.5 Å². The molecule has 0 aromatic carbocycles. The minimum absolute atomic E-state index is 0.0141. The molecule has 1 N–H and O–H groups in total. The van der Waals surface area contributed by atoms with E-state index in [1.165, 1.54) is 0 Å². The molecule has 3 amide bonds. The van der Waals surface area contributed by atoms with Crippen LogP contribution in [0.3, 0.4) is 0 Å². The van der Waals surface area contributed by atoms with Gasteiger partial charge in [0.25, 0.3) is 0 Å². The molecule has 3 aliphatic heterocycles. The fraction of sp³-hybridized carbons (Fsp3) is 0.767. The number of aliphatic hydroxyl groups excluding tert-OH is 1. The lowest BCUT2D eigenvalue weighted by atomic mass is 9.66. The third-order valence-corrected chi connectivity index (χ3v) is 10.5. The number of carbonyl (C=O) groups excluding carboxylic acids is 3. The molecule has 0 aliphatic carbocycles. The molecule has 0 radical (unpaired) electrons. The summed E-state index contributed by atoms with van der Waals surface area (Å²) in [4.78, 5) is 48.1. The number of carbonyl (C=O) groups is 3. The van der Waals surface area contributed by atoms with Crippen LogP contribution >= 0.6 is 11.8 Å². The fourth-order valence-electron chi connectivity index (χ4n) is 7.65. The number of likely N-dealkylation sites (tertiary alicyclic amines) is 1. The van der Waals surface area contributed by atoms with Gasteiger partial charge in [-0.25, -0.2) is 0 Å². The monoisotopic (exact) mass is 547 g/mol. The second-order valence-corrected chi connectivity index (χ2v) is 15.2. The number of nitrogens with zero attached hydrogens (tertiary/aromatic N) is 3. The van der Waals surface area contributed by atoms with Crippen LogP contribution in [-0.4, -0.2) is 91.4 Å². The highest BCUT2D eigenvalue weighted by atomic mass is 32.2. The maximum absolute atomic E-state index is 14.6. The van der Waals surface area contributed by atoms with Gasteiger partial charge in [0.05, 0.1) is 23.2 Å². The van der Waals surface area contributed by atoms with Gasteiger partial charge in [0, 0.05) is 36.5 Å². The summed E-state index contributed by atoms with van der Waals surface area (Å²) in [6, 6.07) is -0.727. The Balaban J connectivity index is 2.10. The quantitative estimate of drug-likeness (QED) is 0.372. The van der Waals surface area contributed by atoms with Crippen molar-refractivity contribution in [1.29, 1.82) is 0 Å². The minimum Gasteiger partial charge on any atom is -0.395 e. The van der Waals surface area contributed by atoms with E-state index < -0.39 is 32.9 Å². The summed E-state index contributed by atoms with van der Waals surface area (Å²) < 4.78 is -1.11. The summed E-state index contributed by atoms with van der Waals surface area (Å²) in [7, 11) is 0. The number of fused-ring (bicyclic) bond motifs is 1. The first-order chi connectivity index (χ1) is 17.6. The summed E-state index contributed by atoms with van der Waals surface area (Å²) in [5, 5.41) is 9.95. The van der Waals surface area contributed by atoms with Gasteiger partial charge in [-0.3, -0.25) is 14.4 Å². The van der Waals surface area contributed by atoms with Crippen molar-refractivity contribution in [3.8, 4) is 0 Å². The van der Waals surface area contributed by atoms with E-state index in [9.17, 15) is 19.5 Å². The van der Waals surface area contributed by atoms with Crippen molar-refractivity contribution in [2.75, 3.05) is 32.8 Å². The molecule has 7 nitrogen and oxygen atoms in total. The highest BCUT2D eigenvalue weighted by Gasteiger charge is 2.77. The van der Waals surface area contributed by atoms with Crippen LogP contribution in [0.25, 0.3) is 0 Å². The van der Waals surface area contributed by atoms with Gasteiger partial charge in [-0.05, 0) is 51.9 Å². The zero-order chi connectivity index (χ0) is 28.7. The summed E-state index contributed by atoms with van der Waals surface area (Å²) in [6.45, 7) is 23.8. The summed E-state index contributed by atoms with van der Waals surface area (Å²) in [6.07, 6.45) is 6.54. The third kappa shape index (κ3) is 5.19. The van der Waals surface area contributed by atoms with Crippen LogP contribution in [0.2, 0.25) is 0 Å². The summed E-state index contributed by atoms with van der Waals surface area (Å²) >= 11 is 1.68. The lowest BCUT2D eigenvalue weighted by Gasteiger charge is -2.46. The Kier molecular flexibility index (Phi) is 8.89. The van der Waals surface area contributed by atoms with E-state index >= 15 is 0 Å². The maximum atomic E-state index is 14.6. The lowest BCUT2D eigenvalue weighted by molar-refractivity contribution is -0.147. The molecule has 3 saturated heterocycles. The largest absolute Gasteiger partial charge is 0.395 e. The number of β-amino-alcohol motifs (C(OH)–C–C–N with tert-alkyl or cyclic N) is 1. The first-order valence-electron chi connectivity index (χ1n) is 14.1. The smallest absolute Gasteiger partial charge is 0.247 e. The zero-order valence-corrected chi connectivity index (χ0v) is 25.4. The molecule has 0 saturated carbocycles. The molecular weight excluding hydrogens is 498 g/mol. The van der Waals surface area contributed by atoms with Crippen LogP contribution in [0.5, 0.6) is 0 Å². The molecule has 0 aromatic rings. The molecule has 3 fully saturated rings. The molecule has 0 aromatic heterocycles. The highest BCUT2D eigenvalue weighted by Crippen LogP contribution is 2.71. The van der Waals surface area contributed by atoms with E-state index in [0.29, 0.717) is 26.1 Å². The van der Waals surface area contributed by atoms with Crippen molar-refractivity contribution in [3.63, 3.8) is 0 Å². The standard InChI is InChI=1S/C30H49N3O4S/c1-10-15-31(16-11-2)24(35)21-22-25(36)32(18-19-34)23(30(22)14-13-29(21,9)38-30)26(37)33(17-12-3)28(7,8)20-27(4,5)6/h10,12,21-23,34H,1,3,11,13-20H2,2,4-9H3/t21-,22+,23?,29+,30?/m1/s1. The number of hydrogen-bond acceptors (Lipinski definition) is 5. The Morgan fingerprint density at radius 2 is 1.76 bits per heavy atom. The van der Waals surface area contributed by atoms with Gasteiger partial charge in [-0.1, -0.05) is 39.8 Å². The third-order valence-electron chi connectivity index (χ3n) is 8.54. The van der Waals surface area contributed by atoms with Crippen LogP contribution < -0.4 is 0 Å². The highest BCUT2D eigenvalue weighted by molar-refractivity contribution is 8.02. The topological polar surface area (TPSA) is 81.2 Å². The van der Waals surface area contributed by atoms with Crippen molar-refractivity contribution < 1.29 is 19.5 Å². The number of amides is 3. The Bertz CT molecular complexity index is 960. The molecular formula is C30H49N3O4S. The van der Waals surface area contributed by atoms with E-state index in [2.05, 4.69) is 54.7 Å². The van der Waals surface area contributed by atoms with Gasteiger partial charge in [-0.15, -0.1) is 24.9 Å². The van der Waals surface area contributed by atoms with Crippen LogP contribution in [0, 0.1) is 17.3 Å². The Hall–Kier alpha value is -1.80. The normalized spacial score (nSPS) is 30.4. The van der Waals surface area contributed by atoms with Crippen LogP contribution in [-0.2, 0) is 14.4 Å². The average molecular weight is 548 g/mol. The van der Waals surface area contributed by atoms with Crippen molar-refractivity contribution in [3.05, 3.63) is 25.3 Å². The van der Waals surface area contributed by atoms with Crippen molar-refractivity contribution in [2.24, 2.45) is 17.3 Å². The van der Waals surface area contributed by atoms with Crippen LogP contribution in [0.4, 0.5) is 0 Å². The molecule has 38 heavy (non-hydrogen) atoms. The van der Waals surface area contributed by atoms with E-state index in [4.69, 9.17) is 0 Å². The van der Waals surface area contributed by atoms with Gasteiger partial charge in [0.1, 0.15) is 6.04 Å². The summed E-state index contributed by atoms with van der Waals surface area (Å²) in [5.74, 6) is -1.39. The first kappa shape index (κ1) is 30.7. The van der Waals surface area contributed by atoms with Crippen LogP contribution in [0.1, 0.15) is 74.1 Å². The van der Waals surface area contributed by atoms with Crippen LogP contribution in [0.15, 0.2) is 25.3 Å². The second kappa shape index (κ2) is 11.0. The molecule has 3 rings (SSSR count). The molecule has 3 aliphatic rings. The van der Waals surface area contributed by atoms with Gasteiger partial charge in [0.2, 0.25) is 17.7 Å². The van der Waals surface area contributed by atoms with Gasteiger partial charge in [-0.2, -0.15) is 0 Å². The fourth-order valence-corrected chi connectivity index (χ4v) is 9.99. The van der Waals surface area contributed by atoms with E-state index in [1.807, 2.05) is 16.7 Å². The van der Waals surface area contributed by atoms with Gasteiger partial charge >= 0.3 is 0 Å². The predicted octanol–water partition coefficient (Wildman–Crippen LogP) is 4.11. The molecule has 3 heterocycles. The van der Waals surface area contributed by atoms with Crippen molar-refractivity contribution in [1.82, 2.24) is 14.7 Å². The SMILES string of the molecule is C=CCN(CCC)C(=O)[C@H]1[C@H]2C(=O)N(CCO)C(C(=O)N(CC=C)C(C)(C)CC(C)(C)C)C23CC[C@]1(C)S3. The Morgan fingerprint density at radius 3 is 2.29 bits per heavy atom. The molecule has 5 atom stereocenters. The lowest BCUT2D eigenvalue weighted by Crippen LogP contribution is -2.60. The zero-order valence-electron chi connectivity index (χ0n) is 24.6. The van der Waals surface area contributed by atoms with Gasteiger partial charge in [0.15, 0.2) is 0 Å².